The molecule has 0 atom stereocenters. The van der Waals surface area contributed by atoms with Crippen LogP contribution in [0.4, 0.5) is 11.4 Å². The minimum absolute atomic E-state index is 0.123. The van der Waals surface area contributed by atoms with Crippen LogP contribution in [-0.2, 0) is 14.8 Å². The second-order valence-electron chi connectivity index (χ2n) is 6.51. The number of nitrogens with zero attached hydrogens (tertiary/aromatic N) is 1. The normalized spacial score (nSPS) is 11.3. The summed E-state index contributed by atoms with van der Waals surface area (Å²) in [6, 6.07) is 11.4. The Morgan fingerprint density at radius 3 is 2.14 bits per heavy atom. The van der Waals surface area contributed by atoms with Gasteiger partial charge in [0, 0.05) is 36.4 Å². The number of nitrogens with one attached hydrogen (secondary N) is 2. The molecule has 2 N–H and O–H groups in total. The summed E-state index contributed by atoms with van der Waals surface area (Å²) >= 11 is 0. The minimum atomic E-state index is -3.68. The van der Waals surface area contributed by atoms with Gasteiger partial charge >= 0.3 is 0 Å². The fraction of sp³-hybridized carbons (Fsp3) is 0.333. The highest BCUT2D eigenvalue weighted by molar-refractivity contribution is 7.89. The summed E-state index contributed by atoms with van der Waals surface area (Å²) in [6.07, 6.45) is 0.351. The number of rotatable bonds is 8. The molecule has 2 amide bonds. The van der Waals surface area contributed by atoms with Crippen molar-refractivity contribution in [3.8, 4) is 0 Å². The van der Waals surface area contributed by atoms with E-state index in [0.29, 0.717) is 36.4 Å². The molecule has 0 heterocycles. The van der Waals surface area contributed by atoms with Crippen molar-refractivity contribution in [1.29, 1.82) is 0 Å². The maximum atomic E-state index is 12.9. The number of carbonyl (C=O) groups is 2. The maximum Gasteiger partial charge on any atom is 0.255 e. The number of sulfonamides is 1. The number of anilines is 2. The molecular weight excluding hydrogens is 390 g/mol. The molecule has 0 bridgehead atoms. The van der Waals surface area contributed by atoms with Gasteiger partial charge in [-0.3, -0.25) is 9.59 Å². The van der Waals surface area contributed by atoms with Crippen LogP contribution in [0.5, 0.6) is 0 Å². The van der Waals surface area contributed by atoms with Crippen LogP contribution in [-0.4, -0.2) is 37.6 Å². The van der Waals surface area contributed by atoms with Crippen molar-refractivity contribution in [2.75, 3.05) is 23.7 Å². The van der Waals surface area contributed by atoms with E-state index in [1.807, 2.05) is 0 Å². The van der Waals surface area contributed by atoms with Crippen molar-refractivity contribution in [3.63, 3.8) is 0 Å². The first-order valence-corrected chi connectivity index (χ1v) is 11.0. The first-order chi connectivity index (χ1) is 13.7. The molecule has 0 saturated carbocycles. The van der Waals surface area contributed by atoms with Crippen LogP contribution in [0.1, 0.15) is 43.1 Å². The summed E-state index contributed by atoms with van der Waals surface area (Å²) in [5, 5.41) is 5.48. The van der Waals surface area contributed by atoms with Crippen LogP contribution in [0.3, 0.4) is 0 Å². The van der Waals surface area contributed by atoms with Gasteiger partial charge in [-0.25, -0.2) is 8.42 Å². The monoisotopic (exact) mass is 417 g/mol. The zero-order valence-electron chi connectivity index (χ0n) is 17.2. The molecule has 2 rings (SSSR count). The summed E-state index contributed by atoms with van der Waals surface area (Å²) in [5.74, 6) is -0.557. The lowest BCUT2D eigenvalue weighted by atomic mass is 10.1. The zero-order valence-corrected chi connectivity index (χ0v) is 18.0. The Morgan fingerprint density at radius 2 is 1.55 bits per heavy atom. The average molecular weight is 418 g/mol. The second kappa shape index (κ2) is 9.67. The third-order valence-electron chi connectivity index (χ3n) is 4.50. The number of amides is 2. The third-order valence-corrected chi connectivity index (χ3v) is 6.69. The van der Waals surface area contributed by atoms with E-state index < -0.39 is 15.9 Å². The van der Waals surface area contributed by atoms with E-state index in [4.69, 9.17) is 0 Å². The predicted octanol–water partition coefficient (Wildman–Crippen LogP) is 3.63. The van der Waals surface area contributed by atoms with E-state index in [1.54, 1.807) is 64.1 Å². The number of carbonyl (C=O) groups excluding carboxylic acids is 2. The average Bonchev–Trinajstić information content (AvgIpc) is 2.69. The van der Waals surface area contributed by atoms with Crippen LogP contribution >= 0.6 is 0 Å². The Labute approximate surface area is 172 Å². The molecule has 0 spiro atoms. The Bertz CT molecular complexity index is 999. The number of hydrogen-bond acceptors (Lipinski definition) is 4. The van der Waals surface area contributed by atoms with Gasteiger partial charge in [0.25, 0.3) is 5.91 Å². The van der Waals surface area contributed by atoms with Crippen molar-refractivity contribution < 1.29 is 18.0 Å². The Morgan fingerprint density at radius 1 is 0.931 bits per heavy atom. The molecule has 0 saturated heterocycles. The molecule has 2 aromatic carbocycles. The lowest BCUT2D eigenvalue weighted by Crippen LogP contribution is -2.31. The van der Waals surface area contributed by atoms with E-state index in [-0.39, 0.29) is 16.4 Å². The fourth-order valence-corrected chi connectivity index (χ4v) is 4.56. The molecule has 2 aromatic rings. The fourth-order valence-electron chi connectivity index (χ4n) is 2.85. The van der Waals surface area contributed by atoms with Gasteiger partial charge in [-0.15, -0.1) is 0 Å². The topological polar surface area (TPSA) is 95.6 Å². The van der Waals surface area contributed by atoms with Gasteiger partial charge < -0.3 is 10.6 Å². The molecule has 0 unspecified atom stereocenters. The van der Waals surface area contributed by atoms with Gasteiger partial charge in [-0.05, 0) is 42.8 Å². The van der Waals surface area contributed by atoms with Crippen LogP contribution in [0.25, 0.3) is 0 Å². The van der Waals surface area contributed by atoms with Crippen LogP contribution in [0, 0.1) is 6.92 Å². The molecule has 0 aromatic heterocycles. The first kappa shape index (κ1) is 22.6. The highest BCUT2D eigenvalue weighted by atomic mass is 32.2. The highest BCUT2D eigenvalue weighted by Crippen LogP contribution is 2.22. The van der Waals surface area contributed by atoms with E-state index in [9.17, 15) is 18.0 Å². The van der Waals surface area contributed by atoms with E-state index in [2.05, 4.69) is 10.6 Å². The number of aryl methyl sites for hydroxylation is 1. The standard InChI is InChI=1S/C21H27N3O4S/c1-5-20(25)22-17-9-8-10-18(14-17)23-21(26)16-12-11-15(4)19(13-16)29(27,28)24(6-2)7-3/h8-14H,5-7H2,1-4H3,(H,22,25)(H,23,26). The van der Waals surface area contributed by atoms with E-state index >= 15 is 0 Å². The molecule has 0 radical (unpaired) electrons. The Hall–Kier alpha value is -2.71. The van der Waals surface area contributed by atoms with Gasteiger partial charge in [0.2, 0.25) is 15.9 Å². The van der Waals surface area contributed by atoms with Crippen molar-refractivity contribution in [2.24, 2.45) is 0 Å². The summed E-state index contributed by atoms with van der Waals surface area (Å²) in [5.41, 5.74) is 1.89. The molecule has 0 fully saturated rings. The lowest BCUT2D eigenvalue weighted by Gasteiger charge is -2.20. The Kier molecular flexibility index (Phi) is 7.53. The first-order valence-electron chi connectivity index (χ1n) is 9.55. The maximum absolute atomic E-state index is 12.9. The van der Waals surface area contributed by atoms with Crippen molar-refractivity contribution >= 4 is 33.2 Å². The molecule has 8 heteroatoms. The molecule has 29 heavy (non-hydrogen) atoms. The van der Waals surface area contributed by atoms with Gasteiger partial charge in [0.1, 0.15) is 0 Å². The summed E-state index contributed by atoms with van der Waals surface area (Å²) in [4.78, 5) is 24.4. The van der Waals surface area contributed by atoms with Crippen molar-refractivity contribution in [3.05, 3.63) is 53.6 Å². The molecule has 0 aliphatic heterocycles. The molecule has 0 aliphatic rings. The smallest absolute Gasteiger partial charge is 0.255 e. The largest absolute Gasteiger partial charge is 0.326 e. The predicted molar refractivity (Wildman–Crippen MR) is 115 cm³/mol. The van der Waals surface area contributed by atoms with Crippen LogP contribution in [0.15, 0.2) is 47.4 Å². The van der Waals surface area contributed by atoms with E-state index in [0.717, 1.165) is 0 Å². The van der Waals surface area contributed by atoms with Gasteiger partial charge in [0.05, 0.1) is 4.90 Å². The minimum Gasteiger partial charge on any atom is -0.326 e. The molecular formula is C21H27N3O4S. The zero-order chi connectivity index (χ0) is 21.6. The summed E-state index contributed by atoms with van der Waals surface area (Å²) in [6.45, 7) is 7.71. The van der Waals surface area contributed by atoms with E-state index in [1.165, 1.54) is 10.4 Å². The van der Waals surface area contributed by atoms with Gasteiger partial charge in [-0.2, -0.15) is 4.31 Å². The quantitative estimate of drug-likeness (QED) is 0.686. The van der Waals surface area contributed by atoms with Crippen molar-refractivity contribution in [2.45, 2.75) is 39.0 Å². The summed E-state index contributed by atoms with van der Waals surface area (Å²) < 4.78 is 27.1. The van der Waals surface area contributed by atoms with Gasteiger partial charge in [-0.1, -0.05) is 32.9 Å². The second-order valence-corrected chi connectivity index (χ2v) is 8.41. The highest BCUT2D eigenvalue weighted by Gasteiger charge is 2.24. The lowest BCUT2D eigenvalue weighted by molar-refractivity contribution is -0.115. The molecule has 0 aliphatic carbocycles. The molecule has 156 valence electrons. The van der Waals surface area contributed by atoms with Gasteiger partial charge in [0.15, 0.2) is 0 Å². The summed E-state index contributed by atoms with van der Waals surface area (Å²) in [7, 11) is -3.68. The number of hydrogen-bond donors (Lipinski definition) is 2. The number of benzene rings is 2. The SMILES string of the molecule is CCC(=O)Nc1cccc(NC(=O)c2ccc(C)c(S(=O)(=O)N(CC)CC)c2)c1. The van der Waals surface area contributed by atoms with Crippen LogP contribution < -0.4 is 10.6 Å². The Balaban J connectivity index is 2.29. The van der Waals surface area contributed by atoms with Crippen LogP contribution in [0.2, 0.25) is 0 Å². The third kappa shape index (κ3) is 5.42. The molecule has 7 nitrogen and oxygen atoms in total. The van der Waals surface area contributed by atoms with Crippen molar-refractivity contribution in [1.82, 2.24) is 4.31 Å².